The first-order valence-electron chi connectivity index (χ1n) is 4.78. The van der Waals surface area contributed by atoms with E-state index in [4.69, 9.17) is 4.74 Å². The van der Waals surface area contributed by atoms with Crippen LogP contribution in [0.1, 0.15) is 25.7 Å². The predicted molar refractivity (Wildman–Crippen MR) is 49.8 cm³/mol. The smallest absolute Gasteiger partial charge is 0.319 e. The molecule has 1 rings (SSSR count). The van der Waals surface area contributed by atoms with Crippen molar-refractivity contribution in [2.45, 2.75) is 25.7 Å². The molecule has 0 aromatic rings. The number of rotatable bonds is 4. The van der Waals surface area contributed by atoms with Gasteiger partial charge < -0.3 is 9.47 Å². The highest BCUT2D eigenvalue weighted by Gasteiger charge is 2.48. The quantitative estimate of drug-likeness (QED) is 0.500. The van der Waals surface area contributed by atoms with Gasteiger partial charge in [-0.25, -0.2) is 0 Å². The van der Waals surface area contributed by atoms with Crippen LogP contribution in [0.5, 0.6) is 0 Å². The summed E-state index contributed by atoms with van der Waals surface area (Å²) in [5.41, 5.74) is -0.912. The van der Waals surface area contributed by atoms with Gasteiger partial charge in [0.1, 0.15) is 12.0 Å². The molecule has 0 spiro atoms. The van der Waals surface area contributed by atoms with Crippen molar-refractivity contribution in [1.29, 1.82) is 0 Å². The Morgan fingerprint density at radius 3 is 2.21 bits per heavy atom. The first kappa shape index (κ1) is 11.2. The molecule has 0 atom stereocenters. The Labute approximate surface area is 83.6 Å². The fourth-order valence-electron chi connectivity index (χ4n) is 2.04. The highest BCUT2D eigenvalue weighted by atomic mass is 16.5. The van der Waals surface area contributed by atoms with E-state index >= 15 is 0 Å². The van der Waals surface area contributed by atoms with E-state index in [1.807, 2.05) is 0 Å². The largest absolute Gasteiger partial charge is 0.468 e. The van der Waals surface area contributed by atoms with E-state index < -0.39 is 11.4 Å². The molecule has 1 aliphatic carbocycles. The number of esters is 1. The molecule has 14 heavy (non-hydrogen) atoms. The molecule has 0 saturated heterocycles. The number of ether oxygens (including phenoxy) is 2. The molecule has 0 bridgehead atoms. The molecule has 0 amide bonds. The van der Waals surface area contributed by atoms with Gasteiger partial charge in [0.25, 0.3) is 0 Å². The number of Topliss-reactive ketones (excluding diaryl/α,β-unsaturated/α-hetero) is 1. The fraction of sp³-hybridized carbons (Fsp3) is 0.800. The van der Waals surface area contributed by atoms with Crippen molar-refractivity contribution in [3.63, 3.8) is 0 Å². The molecule has 4 heteroatoms. The van der Waals surface area contributed by atoms with Crippen molar-refractivity contribution >= 4 is 11.8 Å². The maximum absolute atomic E-state index is 11.7. The SMILES string of the molecule is COCC(=O)C1(C(=O)OC)CCCC1. The zero-order valence-electron chi connectivity index (χ0n) is 8.67. The van der Waals surface area contributed by atoms with E-state index in [1.165, 1.54) is 14.2 Å². The average molecular weight is 200 g/mol. The Hall–Kier alpha value is -0.900. The van der Waals surface area contributed by atoms with Crippen molar-refractivity contribution in [1.82, 2.24) is 0 Å². The third kappa shape index (κ3) is 1.80. The lowest BCUT2D eigenvalue weighted by Crippen LogP contribution is -2.39. The summed E-state index contributed by atoms with van der Waals surface area (Å²) in [5, 5.41) is 0. The Morgan fingerprint density at radius 2 is 1.79 bits per heavy atom. The molecule has 0 N–H and O–H groups in total. The average Bonchev–Trinajstić information content (AvgIpc) is 2.67. The van der Waals surface area contributed by atoms with Gasteiger partial charge in [-0.2, -0.15) is 0 Å². The van der Waals surface area contributed by atoms with Crippen molar-refractivity contribution in [3.8, 4) is 0 Å². The lowest BCUT2D eigenvalue weighted by atomic mass is 9.82. The lowest BCUT2D eigenvalue weighted by Gasteiger charge is -2.23. The van der Waals surface area contributed by atoms with E-state index in [0.29, 0.717) is 12.8 Å². The summed E-state index contributed by atoms with van der Waals surface area (Å²) in [7, 11) is 2.78. The molecule has 0 unspecified atom stereocenters. The van der Waals surface area contributed by atoms with Gasteiger partial charge in [0.05, 0.1) is 7.11 Å². The van der Waals surface area contributed by atoms with Crippen LogP contribution in [0.15, 0.2) is 0 Å². The monoisotopic (exact) mass is 200 g/mol. The molecular weight excluding hydrogens is 184 g/mol. The summed E-state index contributed by atoms with van der Waals surface area (Å²) >= 11 is 0. The first-order valence-corrected chi connectivity index (χ1v) is 4.78. The maximum Gasteiger partial charge on any atom is 0.319 e. The number of hydrogen-bond acceptors (Lipinski definition) is 4. The van der Waals surface area contributed by atoms with Crippen LogP contribution in [0, 0.1) is 5.41 Å². The molecule has 0 radical (unpaired) electrons. The first-order chi connectivity index (χ1) is 6.67. The van der Waals surface area contributed by atoms with Crippen LogP contribution in [-0.2, 0) is 19.1 Å². The molecule has 4 nitrogen and oxygen atoms in total. The molecule has 1 saturated carbocycles. The van der Waals surface area contributed by atoms with E-state index in [-0.39, 0.29) is 12.4 Å². The van der Waals surface area contributed by atoms with Crippen molar-refractivity contribution < 1.29 is 19.1 Å². The van der Waals surface area contributed by atoms with Crippen LogP contribution in [0.3, 0.4) is 0 Å². The molecule has 1 fully saturated rings. The summed E-state index contributed by atoms with van der Waals surface area (Å²) in [6, 6.07) is 0. The van der Waals surface area contributed by atoms with Gasteiger partial charge >= 0.3 is 5.97 Å². The molecule has 1 aliphatic rings. The molecular formula is C10H16O4. The van der Waals surface area contributed by atoms with E-state index in [0.717, 1.165) is 12.8 Å². The Kier molecular flexibility index (Phi) is 3.63. The summed E-state index contributed by atoms with van der Waals surface area (Å²) < 4.78 is 9.47. The summed E-state index contributed by atoms with van der Waals surface area (Å²) in [5.74, 6) is -0.554. The Balaban J connectivity index is 2.81. The van der Waals surface area contributed by atoms with Crippen LogP contribution in [0.4, 0.5) is 0 Å². The zero-order chi connectivity index (χ0) is 10.6. The van der Waals surface area contributed by atoms with Crippen LogP contribution in [0.2, 0.25) is 0 Å². The number of carbonyl (C=O) groups is 2. The second-order valence-corrected chi connectivity index (χ2v) is 3.64. The predicted octanol–water partition coefficient (Wildman–Crippen LogP) is 0.935. The highest BCUT2D eigenvalue weighted by Crippen LogP contribution is 2.40. The lowest BCUT2D eigenvalue weighted by molar-refractivity contribution is -0.159. The minimum Gasteiger partial charge on any atom is -0.468 e. The fourth-order valence-corrected chi connectivity index (χ4v) is 2.04. The molecule has 0 aromatic carbocycles. The highest BCUT2D eigenvalue weighted by molar-refractivity contribution is 6.04. The third-order valence-electron chi connectivity index (χ3n) is 2.84. The Morgan fingerprint density at radius 1 is 1.21 bits per heavy atom. The zero-order valence-corrected chi connectivity index (χ0v) is 8.67. The van der Waals surface area contributed by atoms with Crippen molar-refractivity contribution in [2.75, 3.05) is 20.8 Å². The second-order valence-electron chi connectivity index (χ2n) is 3.64. The molecule has 0 heterocycles. The number of hydrogen-bond donors (Lipinski definition) is 0. The van der Waals surface area contributed by atoms with Gasteiger partial charge in [-0.1, -0.05) is 12.8 Å². The van der Waals surface area contributed by atoms with Crippen LogP contribution < -0.4 is 0 Å². The van der Waals surface area contributed by atoms with E-state index in [1.54, 1.807) is 0 Å². The summed E-state index contributed by atoms with van der Waals surface area (Å²) in [6.45, 7) is -0.00486. The number of ketones is 1. The van der Waals surface area contributed by atoms with Crippen LogP contribution in [0.25, 0.3) is 0 Å². The second kappa shape index (κ2) is 4.55. The maximum atomic E-state index is 11.7. The summed E-state index contributed by atoms with van der Waals surface area (Å²) in [6.07, 6.45) is 3.01. The Bertz CT molecular complexity index is 228. The van der Waals surface area contributed by atoms with E-state index in [9.17, 15) is 9.59 Å². The normalized spacial score (nSPS) is 19.3. The van der Waals surface area contributed by atoms with Gasteiger partial charge in [-0.3, -0.25) is 9.59 Å². The number of methoxy groups -OCH3 is 2. The van der Waals surface area contributed by atoms with Gasteiger partial charge in [-0.15, -0.1) is 0 Å². The van der Waals surface area contributed by atoms with Crippen LogP contribution >= 0.6 is 0 Å². The van der Waals surface area contributed by atoms with Gasteiger partial charge in [-0.05, 0) is 12.8 Å². The van der Waals surface area contributed by atoms with Crippen molar-refractivity contribution in [2.24, 2.45) is 5.41 Å². The number of carbonyl (C=O) groups excluding carboxylic acids is 2. The topological polar surface area (TPSA) is 52.6 Å². The molecule has 0 aliphatic heterocycles. The van der Waals surface area contributed by atoms with Crippen LogP contribution in [-0.4, -0.2) is 32.6 Å². The van der Waals surface area contributed by atoms with E-state index in [2.05, 4.69) is 4.74 Å². The third-order valence-corrected chi connectivity index (χ3v) is 2.84. The van der Waals surface area contributed by atoms with Gasteiger partial charge in [0, 0.05) is 7.11 Å². The minimum absolute atomic E-state index is 0.00486. The summed E-state index contributed by atoms with van der Waals surface area (Å²) in [4.78, 5) is 23.3. The van der Waals surface area contributed by atoms with Gasteiger partial charge in [0.15, 0.2) is 5.78 Å². The molecule has 0 aromatic heterocycles. The van der Waals surface area contributed by atoms with Gasteiger partial charge in [0.2, 0.25) is 0 Å². The van der Waals surface area contributed by atoms with Crippen molar-refractivity contribution in [3.05, 3.63) is 0 Å². The minimum atomic E-state index is -0.912. The standard InChI is InChI=1S/C10H16O4/c1-13-7-8(11)10(9(12)14-2)5-3-4-6-10/h3-7H2,1-2H3. The molecule has 80 valence electrons.